The van der Waals surface area contributed by atoms with Crippen LogP contribution in [-0.2, 0) is 13.0 Å². The molecule has 0 aliphatic carbocycles. The molecular weight excluding hydrogens is 247 g/mol. The number of hydrogen-bond acceptors (Lipinski definition) is 3. The fourth-order valence-corrected chi connectivity index (χ4v) is 1.62. The quantitative estimate of drug-likeness (QED) is 0.901. The predicted molar refractivity (Wildman–Crippen MR) is 68.1 cm³/mol. The van der Waals surface area contributed by atoms with Gasteiger partial charge in [0.05, 0.1) is 0 Å². The Morgan fingerprint density at radius 1 is 1.37 bits per heavy atom. The van der Waals surface area contributed by atoms with Gasteiger partial charge in [0.15, 0.2) is 11.6 Å². The number of aromatic nitrogens is 1. The molecule has 1 N–H and O–H groups in total. The van der Waals surface area contributed by atoms with E-state index in [4.69, 9.17) is 4.42 Å². The summed E-state index contributed by atoms with van der Waals surface area (Å²) in [6.45, 7) is 2.34. The van der Waals surface area contributed by atoms with Gasteiger partial charge < -0.3 is 9.73 Å². The van der Waals surface area contributed by atoms with Crippen molar-refractivity contribution in [3.8, 4) is 0 Å². The second kappa shape index (κ2) is 6.13. The lowest BCUT2D eigenvalue weighted by atomic mass is 10.2. The van der Waals surface area contributed by atoms with Gasteiger partial charge in [0.2, 0.25) is 0 Å². The zero-order chi connectivity index (χ0) is 13.7. The molecule has 0 fully saturated rings. The second-order valence-corrected chi connectivity index (χ2v) is 4.19. The molecule has 1 aromatic carbocycles. The van der Waals surface area contributed by atoms with Gasteiger partial charge in [0.1, 0.15) is 12.1 Å². The first-order chi connectivity index (χ1) is 9.19. The topological polar surface area (TPSA) is 55.1 Å². The fraction of sp³-hybridized carbons (Fsp3) is 0.286. The zero-order valence-electron chi connectivity index (χ0n) is 10.6. The Kier molecular flexibility index (Phi) is 4.28. The highest BCUT2D eigenvalue weighted by Gasteiger charge is 2.11. The number of nitrogens with one attached hydrogen (secondary N) is 1. The van der Waals surface area contributed by atoms with Gasteiger partial charge >= 0.3 is 0 Å². The molecule has 0 atom stereocenters. The number of carbonyl (C=O) groups is 1. The third kappa shape index (κ3) is 3.64. The van der Waals surface area contributed by atoms with Crippen LogP contribution in [0.3, 0.4) is 0 Å². The van der Waals surface area contributed by atoms with Crippen molar-refractivity contribution in [3.05, 3.63) is 53.5 Å². The largest absolute Gasteiger partial charge is 0.448 e. The van der Waals surface area contributed by atoms with Gasteiger partial charge in [-0.25, -0.2) is 9.37 Å². The number of nitrogens with zero attached hydrogens (tertiary/aromatic N) is 1. The third-order valence-electron chi connectivity index (χ3n) is 2.61. The standard InChI is InChI=1S/C14H15FN2O2/c1-2-3-13-17-12(9-19-13)14(18)16-8-10-4-6-11(15)7-5-10/h4-7,9H,2-3,8H2,1H3,(H,16,18). The van der Waals surface area contributed by atoms with Crippen molar-refractivity contribution >= 4 is 5.91 Å². The summed E-state index contributed by atoms with van der Waals surface area (Å²) in [7, 11) is 0. The minimum absolute atomic E-state index is 0.269. The maximum atomic E-state index is 12.7. The number of halogens is 1. The molecule has 19 heavy (non-hydrogen) atoms. The molecule has 2 aromatic rings. The van der Waals surface area contributed by atoms with Crippen molar-refractivity contribution in [2.75, 3.05) is 0 Å². The molecule has 1 heterocycles. The molecule has 0 saturated heterocycles. The first kappa shape index (κ1) is 13.3. The van der Waals surface area contributed by atoms with Crippen LogP contribution in [0.15, 0.2) is 34.9 Å². The Balaban J connectivity index is 1.91. The number of amides is 1. The first-order valence-corrected chi connectivity index (χ1v) is 6.16. The number of benzene rings is 1. The van der Waals surface area contributed by atoms with E-state index in [1.165, 1.54) is 18.4 Å². The lowest BCUT2D eigenvalue weighted by molar-refractivity contribution is 0.0946. The van der Waals surface area contributed by atoms with Crippen molar-refractivity contribution in [2.24, 2.45) is 0 Å². The van der Waals surface area contributed by atoms with Gasteiger partial charge in [-0.2, -0.15) is 0 Å². The lowest BCUT2D eigenvalue weighted by Crippen LogP contribution is -2.23. The molecule has 100 valence electrons. The fourth-order valence-electron chi connectivity index (χ4n) is 1.62. The molecule has 1 aromatic heterocycles. The Hall–Kier alpha value is -2.17. The summed E-state index contributed by atoms with van der Waals surface area (Å²) in [5.74, 6) is -0.0272. The van der Waals surface area contributed by atoms with Gasteiger partial charge in [0, 0.05) is 13.0 Å². The molecule has 2 rings (SSSR count). The molecule has 0 spiro atoms. The normalized spacial score (nSPS) is 10.4. The summed E-state index contributed by atoms with van der Waals surface area (Å²) in [6, 6.07) is 5.97. The van der Waals surface area contributed by atoms with E-state index >= 15 is 0 Å². The summed E-state index contributed by atoms with van der Waals surface area (Å²) in [4.78, 5) is 15.9. The third-order valence-corrected chi connectivity index (χ3v) is 2.61. The Morgan fingerprint density at radius 2 is 2.11 bits per heavy atom. The van der Waals surface area contributed by atoms with Gasteiger partial charge in [-0.05, 0) is 24.1 Å². The van der Waals surface area contributed by atoms with Crippen LogP contribution in [0.4, 0.5) is 4.39 Å². The molecule has 0 aliphatic rings. The van der Waals surface area contributed by atoms with E-state index in [0.717, 1.165) is 12.0 Å². The van der Waals surface area contributed by atoms with E-state index in [1.807, 2.05) is 6.92 Å². The van der Waals surface area contributed by atoms with E-state index in [1.54, 1.807) is 12.1 Å². The molecule has 0 radical (unpaired) electrons. The summed E-state index contributed by atoms with van der Waals surface area (Å²) >= 11 is 0. The Bertz CT molecular complexity index is 549. The molecule has 0 saturated carbocycles. The highest BCUT2D eigenvalue weighted by atomic mass is 19.1. The Labute approximate surface area is 110 Å². The van der Waals surface area contributed by atoms with Crippen molar-refractivity contribution in [3.63, 3.8) is 0 Å². The molecule has 0 bridgehead atoms. The molecule has 1 amide bonds. The van der Waals surface area contributed by atoms with Crippen molar-refractivity contribution in [1.29, 1.82) is 0 Å². The van der Waals surface area contributed by atoms with Crippen LogP contribution >= 0.6 is 0 Å². The molecule has 0 unspecified atom stereocenters. The SMILES string of the molecule is CCCc1nc(C(=O)NCc2ccc(F)cc2)co1. The number of carbonyl (C=O) groups excluding carboxylic acids is 1. The van der Waals surface area contributed by atoms with E-state index in [2.05, 4.69) is 10.3 Å². The Morgan fingerprint density at radius 3 is 2.79 bits per heavy atom. The van der Waals surface area contributed by atoms with Gasteiger partial charge in [-0.1, -0.05) is 19.1 Å². The van der Waals surface area contributed by atoms with Gasteiger partial charge in [0.25, 0.3) is 5.91 Å². The van der Waals surface area contributed by atoms with Crippen LogP contribution in [-0.4, -0.2) is 10.9 Å². The molecule has 4 nitrogen and oxygen atoms in total. The van der Waals surface area contributed by atoms with Crippen LogP contribution in [0, 0.1) is 5.82 Å². The van der Waals surface area contributed by atoms with Crippen LogP contribution in [0.5, 0.6) is 0 Å². The smallest absolute Gasteiger partial charge is 0.273 e. The van der Waals surface area contributed by atoms with E-state index in [9.17, 15) is 9.18 Å². The lowest BCUT2D eigenvalue weighted by Gasteiger charge is -2.02. The van der Waals surface area contributed by atoms with E-state index in [-0.39, 0.29) is 17.4 Å². The summed E-state index contributed by atoms with van der Waals surface area (Å²) in [6.07, 6.45) is 2.98. The maximum absolute atomic E-state index is 12.7. The van der Waals surface area contributed by atoms with Crippen LogP contribution < -0.4 is 5.32 Å². The van der Waals surface area contributed by atoms with E-state index < -0.39 is 0 Å². The first-order valence-electron chi connectivity index (χ1n) is 6.16. The molecular formula is C14H15FN2O2. The number of oxazole rings is 1. The van der Waals surface area contributed by atoms with Crippen LogP contribution in [0.25, 0.3) is 0 Å². The summed E-state index contributed by atoms with van der Waals surface area (Å²) in [5.41, 5.74) is 1.09. The van der Waals surface area contributed by atoms with Crippen LogP contribution in [0.2, 0.25) is 0 Å². The monoisotopic (exact) mass is 262 g/mol. The number of rotatable bonds is 5. The predicted octanol–water partition coefficient (Wildman–Crippen LogP) is 2.70. The highest BCUT2D eigenvalue weighted by Crippen LogP contribution is 2.06. The molecule has 5 heteroatoms. The maximum Gasteiger partial charge on any atom is 0.273 e. The van der Waals surface area contributed by atoms with Crippen molar-refractivity contribution < 1.29 is 13.6 Å². The second-order valence-electron chi connectivity index (χ2n) is 4.19. The average molecular weight is 262 g/mol. The van der Waals surface area contributed by atoms with Crippen molar-refractivity contribution in [2.45, 2.75) is 26.3 Å². The number of hydrogen-bond donors (Lipinski definition) is 1. The average Bonchev–Trinajstić information content (AvgIpc) is 2.87. The van der Waals surface area contributed by atoms with Crippen molar-refractivity contribution in [1.82, 2.24) is 10.3 Å². The highest BCUT2D eigenvalue weighted by molar-refractivity contribution is 5.91. The van der Waals surface area contributed by atoms with E-state index in [0.29, 0.717) is 18.9 Å². The summed E-state index contributed by atoms with van der Waals surface area (Å²) in [5, 5.41) is 2.71. The minimum atomic E-state index is -0.296. The molecule has 0 aliphatic heterocycles. The van der Waals surface area contributed by atoms with Gasteiger partial charge in [-0.15, -0.1) is 0 Å². The van der Waals surface area contributed by atoms with Gasteiger partial charge in [-0.3, -0.25) is 4.79 Å². The summed E-state index contributed by atoms with van der Waals surface area (Å²) < 4.78 is 17.9. The number of aryl methyl sites for hydroxylation is 1. The minimum Gasteiger partial charge on any atom is -0.448 e. The zero-order valence-corrected chi connectivity index (χ0v) is 10.6. The van der Waals surface area contributed by atoms with Crippen LogP contribution in [0.1, 0.15) is 35.3 Å².